The molecule has 0 saturated heterocycles. The number of nitrogens with zero attached hydrogens (tertiary/aromatic N) is 4. The van der Waals surface area contributed by atoms with Gasteiger partial charge in [-0.15, -0.1) is 10.2 Å². The zero-order chi connectivity index (χ0) is 20.6. The van der Waals surface area contributed by atoms with Gasteiger partial charge < -0.3 is 15.2 Å². The van der Waals surface area contributed by atoms with Crippen molar-refractivity contribution in [3.8, 4) is 0 Å². The first-order valence-corrected chi connectivity index (χ1v) is 10.5. The summed E-state index contributed by atoms with van der Waals surface area (Å²) < 4.78 is 28.9. The first-order chi connectivity index (χ1) is 14.1. The van der Waals surface area contributed by atoms with Gasteiger partial charge in [0.1, 0.15) is 11.6 Å². The molecule has 8 heteroatoms. The van der Waals surface area contributed by atoms with Crippen LogP contribution in [0.3, 0.4) is 0 Å². The van der Waals surface area contributed by atoms with Gasteiger partial charge in [-0.2, -0.15) is 0 Å². The summed E-state index contributed by atoms with van der Waals surface area (Å²) in [7, 11) is 0. The van der Waals surface area contributed by atoms with E-state index < -0.39 is 11.6 Å². The highest BCUT2D eigenvalue weighted by atomic mass is 19.2. The maximum Gasteiger partial charge on any atom is 0.191 e. The molecule has 0 fully saturated rings. The van der Waals surface area contributed by atoms with Crippen molar-refractivity contribution in [3.63, 3.8) is 0 Å². The van der Waals surface area contributed by atoms with E-state index in [-0.39, 0.29) is 6.04 Å². The molecule has 29 heavy (non-hydrogen) atoms. The molecule has 2 aromatic rings. The number of halogens is 2. The second kappa shape index (κ2) is 10.3. The number of nitrogens with one attached hydrogen (secondary N) is 2. The lowest BCUT2D eigenvalue weighted by Gasteiger charge is -2.18. The highest BCUT2D eigenvalue weighted by Gasteiger charge is 2.14. The normalized spacial score (nSPS) is 15.5. The lowest BCUT2D eigenvalue weighted by molar-refractivity contribution is 0.504. The minimum absolute atomic E-state index is 0.199. The molecule has 1 aliphatic rings. The van der Waals surface area contributed by atoms with Gasteiger partial charge in [0.15, 0.2) is 17.6 Å². The van der Waals surface area contributed by atoms with E-state index in [2.05, 4.69) is 30.4 Å². The summed E-state index contributed by atoms with van der Waals surface area (Å²) in [6.07, 6.45) is 6.36. The van der Waals surface area contributed by atoms with E-state index >= 15 is 0 Å². The largest absolute Gasteiger partial charge is 0.357 e. The van der Waals surface area contributed by atoms with E-state index in [1.54, 1.807) is 6.07 Å². The molecule has 0 bridgehead atoms. The number of rotatable bonds is 7. The SMILES string of the molecule is CCNC(=NCCCc1nnc2n1CCCCC2)NC(C)c1ccc(F)c(F)c1. The number of hydrogen-bond acceptors (Lipinski definition) is 3. The van der Waals surface area contributed by atoms with Crippen molar-refractivity contribution in [1.29, 1.82) is 0 Å². The van der Waals surface area contributed by atoms with Crippen molar-refractivity contribution < 1.29 is 8.78 Å². The van der Waals surface area contributed by atoms with Crippen LogP contribution in [0.15, 0.2) is 23.2 Å². The number of guanidine groups is 1. The Labute approximate surface area is 170 Å². The minimum atomic E-state index is -0.842. The molecule has 1 aromatic carbocycles. The van der Waals surface area contributed by atoms with Crippen molar-refractivity contribution in [2.45, 2.75) is 65.0 Å². The number of aryl methyl sites for hydroxylation is 2. The Morgan fingerprint density at radius 1 is 1.21 bits per heavy atom. The molecular formula is C21H30F2N6. The Hall–Kier alpha value is -2.51. The maximum atomic E-state index is 13.5. The topological polar surface area (TPSA) is 67.1 Å². The van der Waals surface area contributed by atoms with Crippen LogP contribution >= 0.6 is 0 Å². The summed E-state index contributed by atoms with van der Waals surface area (Å²) in [4.78, 5) is 4.62. The van der Waals surface area contributed by atoms with Crippen LogP contribution in [0.5, 0.6) is 0 Å². The van der Waals surface area contributed by atoms with Crippen molar-refractivity contribution >= 4 is 5.96 Å². The Bertz CT molecular complexity index is 833. The lowest BCUT2D eigenvalue weighted by atomic mass is 10.1. The summed E-state index contributed by atoms with van der Waals surface area (Å²) in [5, 5.41) is 15.2. The average Bonchev–Trinajstić information content (AvgIpc) is 2.93. The summed E-state index contributed by atoms with van der Waals surface area (Å²) in [6, 6.07) is 3.74. The molecule has 3 rings (SSSR count). The molecule has 1 atom stereocenters. The summed E-state index contributed by atoms with van der Waals surface area (Å²) in [5.74, 6) is 1.13. The summed E-state index contributed by atoms with van der Waals surface area (Å²) in [5.41, 5.74) is 0.667. The van der Waals surface area contributed by atoms with Crippen molar-refractivity contribution in [2.75, 3.05) is 13.1 Å². The first-order valence-electron chi connectivity index (χ1n) is 10.5. The molecule has 0 aliphatic carbocycles. The Morgan fingerprint density at radius 3 is 2.86 bits per heavy atom. The zero-order valence-electron chi connectivity index (χ0n) is 17.2. The van der Waals surface area contributed by atoms with E-state index in [0.29, 0.717) is 24.6 Å². The van der Waals surface area contributed by atoms with Gasteiger partial charge in [0.25, 0.3) is 0 Å². The predicted molar refractivity (Wildman–Crippen MR) is 110 cm³/mol. The lowest BCUT2D eigenvalue weighted by Crippen LogP contribution is -2.38. The summed E-state index contributed by atoms with van der Waals surface area (Å²) in [6.45, 7) is 6.25. The number of benzene rings is 1. The van der Waals surface area contributed by atoms with E-state index in [0.717, 1.165) is 43.5 Å². The average molecular weight is 405 g/mol. The fourth-order valence-electron chi connectivity index (χ4n) is 3.55. The maximum absolute atomic E-state index is 13.5. The molecule has 1 aliphatic heterocycles. The second-order valence-electron chi connectivity index (χ2n) is 7.40. The zero-order valence-corrected chi connectivity index (χ0v) is 17.2. The quantitative estimate of drug-likeness (QED) is 0.421. The molecule has 0 radical (unpaired) electrons. The van der Waals surface area contributed by atoms with Crippen LogP contribution in [-0.2, 0) is 19.4 Å². The van der Waals surface area contributed by atoms with Crippen molar-refractivity contribution in [3.05, 3.63) is 47.0 Å². The van der Waals surface area contributed by atoms with Crippen LogP contribution < -0.4 is 10.6 Å². The molecule has 2 heterocycles. The monoisotopic (exact) mass is 404 g/mol. The van der Waals surface area contributed by atoms with Gasteiger partial charge in [0.2, 0.25) is 0 Å². The van der Waals surface area contributed by atoms with Gasteiger partial charge >= 0.3 is 0 Å². The third-order valence-corrected chi connectivity index (χ3v) is 5.16. The smallest absolute Gasteiger partial charge is 0.191 e. The van der Waals surface area contributed by atoms with Crippen LogP contribution in [0.4, 0.5) is 8.78 Å². The molecule has 0 spiro atoms. The van der Waals surface area contributed by atoms with Crippen molar-refractivity contribution in [2.24, 2.45) is 4.99 Å². The molecule has 158 valence electrons. The number of fused-ring (bicyclic) bond motifs is 1. The molecule has 2 N–H and O–H groups in total. The second-order valence-corrected chi connectivity index (χ2v) is 7.40. The highest BCUT2D eigenvalue weighted by molar-refractivity contribution is 5.80. The molecule has 0 saturated carbocycles. The van der Waals surface area contributed by atoms with Gasteiger partial charge in [-0.1, -0.05) is 12.5 Å². The first kappa shape index (κ1) is 21.2. The van der Waals surface area contributed by atoms with E-state index in [1.165, 1.54) is 25.3 Å². The van der Waals surface area contributed by atoms with Gasteiger partial charge in [0.05, 0.1) is 6.04 Å². The third kappa shape index (κ3) is 5.74. The van der Waals surface area contributed by atoms with E-state index in [9.17, 15) is 8.78 Å². The van der Waals surface area contributed by atoms with Gasteiger partial charge in [-0.05, 0) is 50.8 Å². The van der Waals surface area contributed by atoms with Crippen LogP contribution in [0.2, 0.25) is 0 Å². The van der Waals surface area contributed by atoms with E-state index in [4.69, 9.17) is 0 Å². The van der Waals surface area contributed by atoms with Gasteiger partial charge in [-0.3, -0.25) is 4.99 Å². The molecule has 1 aromatic heterocycles. The Kier molecular flexibility index (Phi) is 7.55. The number of aromatic nitrogens is 3. The van der Waals surface area contributed by atoms with E-state index in [1.807, 2.05) is 13.8 Å². The molecule has 1 unspecified atom stereocenters. The fourth-order valence-corrected chi connectivity index (χ4v) is 3.55. The molecule has 6 nitrogen and oxygen atoms in total. The van der Waals surface area contributed by atoms with Crippen LogP contribution in [0, 0.1) is 11.6 Å². The third-order valence-electron chi connectivity index (χ3n) is 5.16. The predicted octanol–water partition coefficient (Wildman–Crippen LogP) is 3.53. The Morgan fingerprint density at radius 2 is 2.07 bits per heavy atom. The standard InChI is InChI=1S/C21H30F2N6/c1-3-24-21(26-15(2)16-10-11-17(22)18(23)14-16)25-12-7-9-20-28-27-19-8-5-4-6-13-29(19)20/h10-11,14-15H,3-9,12-13H2,1-2H3,(H2,24,25,26). The minimum Gasteiger partial charge on any atom is -0.357 e. The summed E-state index contributed by atoms with van der Waals surface area (Å²) >= 11 is 0. The fraction of sp³-hybridized carbons (Fsp3) is 0.571. The highest BCUT2D eigenvalue weighted by Crippen LogP contribution is 2.16. The molecule has 0 amide bonds. The van der Waals surface area contributed by atoms with Crippen molar-refractivity contribution in [1.82, 2.24) is 25.4 Å². The van der Waals surface area contributed by atoms with Gasteiger partial charge in [-0.25, -0.2) is 8.78 Å². The number of aliphatic imine (C=N–C) groups is 1. The van der Waals surface area contributed by atoms with Crippen LogP contribution in [0.25, 0.3) is 0 Å². The molecular weight excluding hydrogens is 374 g/mol. The van der Waals surface area contributed by atoms with Crippen LogP contribution in [0.1, 0.15) is 62.8 Å². The van der Waals surface area contributed by atoms with Crippen LogP contribution in [-0.4, -0.2) is 33.8 Å². The number of hydrogen-bond donors (Lipinski definition) is 2. The Balaban J connectivity index is 1.55. The van der Waals surface area contributed by atoms with Gasteiger partial charge in [0, 0.05) is 32.5 Å².